The summed E-state index contributed by atoms with van der Waals surface area (Å²) in [6, 6.07) is -0.554. The average molecular weight is 214 g/mol. The number of rotatable bonds is 7. The first-order valence-electron chi connectivity index (χ1n) is 4.94. The van der Waals surface area contributed by atoms with Crippen LogP contribution in [-0.4, -0.2) is 30.7 Å². The number of amides is 2. The maximum Gasteiger partial charge on any atom is 0.242 e. The van der Waals surface area contributed by atoms with Crippen LogP contribution in [0.1, 0.15) is 27.2 Å². The van der Waals surface area contributed by atoms with Crippen LogP contribution in [0.3, 0.4) is 0 Å². The second-order valence-electron chi connectivity index (χ2n) is 3.89. The molecule has 86 valence electrons. The molecule has 0 saturated heterocycles. The first kappa shape index (κ1) is 13.6. The zero-order valence-corrected chi connectivity index (χ0v) is 9.37. The van der Waals surface area contributed by atoms with E-state index in [2.05, 4.69) is 10.6 Å². The summed E-state index contributed by atoms with van der Waals surface area (Å²) in [4.78, 5) is 32.4. The van der Waals surface area contributed by atoms with Gasteiger partial charge < -0.3 is 10.6 Å². The lowest BCUT2D eigenvalue weighted by atomic mass is 10.0. The highest BCUT2D eigenvalue weighted by atomic mass is 16.2. The Morgan fingerprint density at radius 2 is 1.93 bits per heavy atom. The molecule has 0 aromatic heterocycles. The van der Waals surface area contributed by atoms with E-state index in [1.165, 1.54) is 6.92 Å². The Morgan fingerprint density at radius 3 is 2.33 bits per heavy atom. The van der Waals surface area contributed by atoms with Gasteiger partial charge in [0.25, 0.3) is 0 Å². The van der Waals surface area contributed by atoms with Gasteiger partial charge in [0.1, 0.15) is 11.8 Å². The summed E-state index contributed by atoms with van der Waals surface area (Å²) >= 11 is 0. The third-order valence-electron chi connectivity index (χ3n) is 1.80. The predicted molar refractivity (Wildman–Crippen MR) is 56.1 cm³/mol. The van der Waals surface area contributed by atoms with Gasteiger partial charge in [-0.05, 0) is 19.3 Å². The molecule has 0 aliphatic rings. The Morgan fingerprint density at radius 1 is 1.33 bits per heavy atom. The third-order valence-corrected chi connectivity index (χ3v) is 1.80. The standard InChI is InChI=1S/C10H18N2O3/c1-7(2)4-9(12-6-13)10(15)11-5-8(3)14/h6-7,9H,4-5H2,1-3H3,(H,11,15)(H,12,13). The van der Waals surface area contributed by atoms with E-state index >= 15 is 0 Å². The molecule has 0 radical (unpaired) electrons. The molecule has 0 saturated carbocycles. The summed E-state index contributed by atoms with van der Waals surface area (Å²) < 4.78 is 0. The van der Waals surface area contributed by atoms with Crippen molar-refractivity contribution in [3.8, 4) is 0 Å². The maximum atomic E-state index is 11.5. The third kappa shape index (κ3) is 6.65. The second-order valence-corrected chi connectivity index (χ2v) is 3.89. The summed E-state index contributed by atoms with van der Waals surface area (Å²) in [7, 11) is 0. The van der Waals surface area contributed by atoms with E-state index in [0.717, 1.165) is 0 Å². The number of carbonyl (C=O) groups is 3. The second kappa shape index (κ2) is 6.98. The summed E-state index contributed by atoms with van der Waals surface area (Å²) in [6.07, 6.45) is 1.06. The molecule has 5 heteroatoms. The fraction of sp³-hybridized carbons (Fsp3) is 0.700. The largest absolute Gasteiger partial charge is 0.347 e. The van der Waals surface area contributed by atoms with Crippen LogP contribution in [0, 0.1) is 5.92 Å². The molecule has 0 aliphatic heterocycles. The van der Waals surface area contributed by atoms with E-state index in [0.29, 0.717) is 18.7 Å². The first-order chi connectivity index (χ1) is 6.97. The Kier molecular flexibility index (Phi) is 6.33. The Bertz CT molecular complexity index is 239. The minimum Gasteiger partial charge on any atom is -0.347 e. The lowest BCUT2D eigenvalue weighted by Crippen LogP contribution is -2.45. The molecular formula is C10H18N2O3. The van der Waals surface area contributed by atoms with Gasteiger partial charge in [0.05, 0.1) is 6.54 Å². The van der Waals surface area contributed by atoms with Crippen molar-refractivity contribution in [2.24, 2.45) is 5.92 Å². The molecule has 0 aliphatic carbocycles. The Balaban J connectivity index is 4.15. The molecule has 0 rings (SSSR count). The number of hydrogen-bond acceptors (Lipinski definition) is 3. The number of Topliss-reactive ketones (excluding diaryl/α,β-unsaturated/α-hetero) is 1. The molecule has 0 aromatic rings. The lowest BCUT2D eigenvalue weighted by molar-refractivity contribution is -0.127. The van der Waals surface area contributed by atoms with E-state index in [9.17, 15) is 14.4 Å². The zero-order chi connectivity index (χ0) is 11.8. The summed E-state index contributed by atoms with van der Waals surface area (Å²) in [5.41, 5.74) is 0. The molecule has 1 unspecified atom stereocenters. The van der Waals surface area contributed by atoms with Crippen LogP contribution in [0.25, 0.3) is 0 Å². The smallest absolute Gasteiger partial charge is 0.242 e. The van der Waals surface area contributed by atoms with Crippen LogP contribution in [-0.2, 0) is 14.4 Å². The number of hydrogen-bond donors (Lipinski definition) is 2. The van der Waals surface area contributed by atoms with Crippen LogP contribution >= 0.6 is 0 Å². The van der Waals surface area contributed by atoms with Gasteiger partial charge in [0.2, 0.25) is 12.3 Å². The maximum absolute atomic E-state index is 11.5. The number of carbonyl (C=O) groups excluding carboxylic acids is 3. The van der Waals surface area contributed by atoms with Gasteiger partial charge in [-0.1, -0.05) is 13.8 Å². The van der Waals surface area contributed by atoms with Gasteiger partial charge >= 0.3 is 0 Å². The Labute approximate surface area is 89.6 Å². The Hall–Kier alpha value is -1.39. The first-order valence-corrected chi connectivity index (χ1v) is 4.94. The topological polar surface area (TPSA) is 75.3 Å². The average Bonchev–Trinajstić information content (AvgIpc) is 2.12. The van der Waals surface area contributed by atoms with Gasteiger partial charge in [-0.3, -0.25) is 14.4 Å². The van der Waals surface area contributed by atoms with Crippen LogP contribution in [0.15, 0.2) is 0 Å². The highest BCUT2D eigenvalue weighted by Crippen LogP contribution is 2.04. The molecular weight excluding hydrogens is 196 g/mol. The van der Waals surface area contributed by atoms with Gasteiger partial charge in [0.15, 0.2) is 0 Å². The van der Waals surface area contributed by atoms with Crippen molar-refractivity contribution in [2.75, 3.05) is 6.54 Å². The van der Waals surface area contributed by atoms with Crippen molar-refractivity contribution < 1.29 is 14.4 Å². The van der Waals surface area contributed by atoms with Crippen LogP contribution in [0.4, 0.5) is 0 Å². The van der Waals surface area contributed by atoms with E-state index in [4.69, 9.17) is 0 Å². The van der Waals surface area contributed by atoms with E-state index < -0.39 is 6.04 Å². The summed E-state index contributed by atoms with van der Waals surface area (Å²) in [5.74, 6) is -0.130. The minimum absolute atomic E-state index is 0.00790. The quantitative estimate of drug-likeness (QED) is 0.579. The number of nitrogens with one attached hydrogen (secondary N) is 2. The summed E-state index contributed by atoms with van der Waals surface area (Å²) in [5, 5.41) is 4.90. The van der Waals surface area contributed by atoms with Crippen molar-refractivity contribution in [3.63, 3.8) is 0 Å². The van der Waals surface area contributed by atoms with Crippen molar-refractivity contribution >= 4 is 18.1 Å². The minimum atomic E-state index is -0.554. The van der Waals surface area contributed by atoms with Crippen molar-refractivity contribution in [3.05, 3.63) is 0 Å². The number of ketones is 1. The van der Waals surface area contributed by atoms with Gasteiger partial charge in [-0.15, -0.1) is 0 Å². The summed E-state index contributed by atoms with van der Waals surface area (Å²) in [6.45, 7) is 5.31. The monoisotopic (exact) mass is 214 g/mol. The molecule has 0 bridgehead atoms. The molecule has 2 N–H and O–H groups in total. The fourth-order valence-corrected chi connectivity index (χ4v) is 1.14. The molecule has 0 aromatic carbocycles. The molecule has 1 atom stereocenters. The van der Waals surface area contributed by atoms with Crippen LogP contribution < -0.4 is 10.6 Å². The van der Waals surface area contributed by atoms with Crippen molar-refractivity contribution in [1.82, 2.24) is 10.6 Å². The van der Waals surface area contributed by atoms with Crippen molar-refractivity contribution in [1.29, 1.82) is 0 Å². The fourth-order valence-electron chi connectivity index (χ4n) is 1.14. The molecule has 5 nitrogen and oxygen atoms in total. The highest BCUT2D eigenvalue weighted by molar-refractivity contribution is 5.88. The molecule has 15 heavy (non-hydrogen) atoms. The van der Waals surface area contributed by atoms with E-state index in [1.807, 2.05) is 13.8 Å². The lowest BCUT2D eigenvalue weighted by Gasteiger charge is -2.17. The normalized spacial score (nSPS) is 12.0. The van der Waals surface area contributed by atoms with Crippen LogP contribution in [0.2, 0.25) is 0 Å². The van der Waals surface area contributed by atoms with Gasteiger partial charge in [0, 0.05) is 0 Å². The zero-order valence-electron chi connectivity index (χ0n) is 9.37. The molecule has 0 fully saturated rings. The van der Waals surface area contributed by atoms with Gasteiger partial charge in [-0.2, -0.15) is 0 Å². The highest BCUT2D eigenvalue weighted by Gasteiger charge is 2.18. The van der Waals surface area contributed by atoms with Gasteiger partial charge in [-0.25, -0.2) is 0 Å². The molecule has 2 amide bonds. The molecule has 0 heterocycles. The SMILES string of the molecule is CC(=O)CNC(=O)C(CC(C)C)NC=O. The van der Waals surface area contributed by atoms with Crippen LogP contribution in [0.5, 0.6) is 0 Å². The van der Waals surface area contributed by atoms with Crippen molar-refractivity contribution in [2.45, 2.75) is 33.2 Å². The van der Waals surface area contributed by atoms with E-state index in [1.54, 1.807) is 0 Å². The molecule has 0 spiro atoms. The predicted octanol–water partition coefficient (Wildman–Crippen LogP) is -0.148. The van der Waals surface area contributed by atoms with E-state index in [-0.39, 0.29) is 18.2 Å².